The van der Waals surface area contributed by atoms with Gasteiger partial charge in [0.2, 0.25) is 5.91 Å². The number of carbonyl (C=O) groups excluding carboxylic acids is 4. The van der Waals surface area contributed by atoms with Gasteiger partial charge in [-0.3, -0.25) is 14.4 Å². The molecule has 1 aliphatic carbocycles. The van der Waals surface area contributed by atoms with E-state index in [2.05, 4.69) is 10.6 Å². The Labute approximate surface area is 205 Å². The molecule has 0 bridgehead atoms. The summed E-state index contributed by atoms with van der Waals surface area (Å²) in [6.07, 6.45) is 8.71. The number of ether oxygens (including phenoxy) is 2. The quantitative estimate of drug-likeness (QED) is 0.260. The van der Waals surface area contributed by atoms with Crippen molar-refractivity contribution in [3.05, 3.63) is 29.8 Å². The lowest BCUT2D eigenvalue weighted by molar-refractivity contribution is -0.143. The molecule has 0 unspecified atom stereocenters. The molecule has 0 spiro atoms. The number of thioether (sulfide) groups is 1. The molecule has 2 rings (SSSR count). The van der Waals surface area contributed by atoms with Crippen molar-refractivity contribution in [2.24, 2.45) is 0 Å². The van der Waals surface area contributed by atoms with Crippen molar-refractivity contribution >= 4 is 35.5 Å². The standard InChI is InChI=1S/C25H36N2O6S/c1-2-32-24(30)15-10-16-26-22(28)17-33-25(31)20-13-8-9-14-21(20)34-18-23(29)27-19-11-6-4-3-5-7-12-19/h8-9,13-14,19H,2-7,10-12,15-18H2,1H3,(H,26,28)(H,27,29). The largest absolute Gasteiger partial charge is 0.466 e. The van der Waals surface area contributed by atoms with E-state index in [-0.39, 0.29) is 36.6 Å². The smallest absolute Gasteiger partial charge is 0.339 e. The Morgan fingerprint density at radius 1 is 0.971 bits per heavy atom. The van der Waals surface area contributed by atoms with E-state index >= 15 is 0 Å². The first-order valence-electron chi connectivity index (χ1n) is 12.1. The fourth-order valence-corrected chi connectivity index (χ4v) is 4.58. The van der Waals surface area contributed by atoms with Gasteiger partial charge in [0.05, 0.1) is 17.9 Å². The summed E-state index contributed by atoms with van der Waals surface area (Å²) in [4.78, 5) is 48.8. The van der Waals surface area contributed by atoms with E-state index < -0.39 is 18.5 Å². The van der Waals surface area contributed by atoms with Gasteiger partial charge in [-0.05, 0) is 38.3 Å². The molecule has 0 radical (unpaired) electrons. The topological polar surface area (TPSA) is 111 Å². The molecule has 0 aliphatic heterocycles. The minimum atomic E-state index is -0.620. The van der Waals surface area contributed by atoms with Gasteiger partial charge in [0.1, 0.15) is 0 Å². The van der Waals surface area contributed by atoms with Crippen LogP contribution in [0.5, 0.6) is 0 Å². The first kappa shape index (κ1) is 27.7. The summed E-state index contributed by atoms with van der Waals surface area (Å²) in [7, 11) is 0. The molecular formula is C25H36N2O6S. The number of hydrogen-bond donors (Lipinski definition) is 2. The van der Waals surface area contributed by atoms with Crippen molar-refractivity contribution < 1.29 is 28.7 Å². The van der Waals surface area contributed by atoms with Crippen LogP contribution in [0, 0.1) is 0 Å². The van der Waals surface area contributed by atoms with E-state index in [1.54, 1.807) is 31.2 Å². The molecule has 1 aromatic rings. The third-order valence-electron chi connectivity index (χ3n) is 5.46. The number of rotatable bonds is 12. The first-order chi connectivity index (χ1) is 16.5. The Bertz CT molecular complexity index is 808. The van der Waals surface area contributed by atoms with Crippen LogP contribution in [-0.4, -0.2) is 55.3 Å². The van der Waals surface area contributed by atoms with Gasteiger partial charge in [0.25, 0.3) is 5.91 Å². The molecule has 1 aliphatic rings. The van der Waals surface area contributed by atoms with Crippen LogP contribution in [0.1, 0.15) is 75.1 Å². The Morgan fingerprint density at radius 2 is 1.68 bits per heavy atom. The van der Waals surface area contributed by atoms with Crippen LogP contribution in [0.2, 0.25) is 0 Å². The van der Waals surface area contributed by atoms with Gasteiger partial charge < -0.3 is 20.1 Å². The van der Waals surface area contributed by atoms with Crippen LogP contribution in [-0.2, 0) is 23.9 Å². The third kappa shape index (κ3) is 11.0. The molecule has 2 N–H and O–H groups in total. The summed E-state index contributed by atoms with van der Waals surface area (Å²) in [6, 6.07) is 7.12. The average molecular weight is 493 g/mol. The van der Waals surface area contributed by atoms with Crippen LogP contribution >= 0.6 is 11.8 Å². The van der Waals surface area contributed by atoms with Crippen LogP contribution in [0.15, 0.2) is 29.2 Å². The SMILES string of the molecule is CCOC(=O)CCCNC(=O)COC(=O)c1ccccc1SCC(=O)NC1CCCCCCC1. The summed E-state index contributed by atoms with van der Waals surface area (Å²) >= 11 is 1.28. The maximum Gasteiger partial charge on any atom is 0.339 e. The van der Waals surface area contributed by atoms with Crippen molar-refractivity contribution in [2.45, 2.75) is 75.6 Å². The van der Waals surface area contributed by atoms with E-state index in [0.29, 0.717) is 23.5 Å². The van der Waals surface area contributed by atoms with E-state index in [1.807, 2.05) is 0 Å². The summed E-state index contributed by atoms with van der Waals surface area (Å²) in [5.41, 5.74) is 0.321. The lowest BCUT2D eigenvalue weighted by Crippen LogP contribution is -2.36. The van der Waals surface area contributed by atoms with E-state index in [9.17, 15) is 19.2 Å². The average Bonchev–Trinajstić information content (AvgIpc) is 2.81. The Balaban J connectivity index is 1.74. The minimum Gasteiger partial charge on any atom is -0.466 e. The Hall–Kier alpha value is -2.55. The molecule has 1 saturated carbocycles. The molecule has 1 fully saturated rings. The maximum atomic E-state index is 12.5. The molecule has 0 saturated heterocycles. The normalized spacial score (nSPS) is 14.4. The lowest BCUT2D eigenvalue weighted by Gasteiger charge is -2.21. The van der Waals surface area contributed by atoms with E-state index in [0.717, 1.165) is 25.7 Å². The second kappa shape index (κ2) is 16.1. The molecular weight excluding hydrogens is 456 g/mol. The summed E-state index contributed by atoms with van der Waals surface area (Å²) in [6.45, 7) is 1.93. The van der Waals surface area contributed by atoms with E-state index in [4.69, 9.17) is 9.47 Å². The minimum absolute atomic E-state index is 0.0408. The summed E-state index contributed by atoms with van der Waals surface area (Å²) < 4.78 is 9.97. The molecule has 2 amide bonds. The zero-order valence-corrected chi connectivity index (χ0v) is 20.8. The molecule has 34 heavy (non-hydrogen) atoms. The molecule has 0 heterocycles. The summed E-state index contributed by atoms with van der Waals surface area (Å²) in [5, 5.41) is 5.73. The number of amides is 2. The fourth-order valence-electron chi connectivity index (χ4n) is 3.73. The van der Waals surface area contributed by atoms with Crippen molar-refractivity contribution in [2.75, 3.05) is 25.5 Å². The molecule has 8 nitrogen and oxygen atoms in total. The lowest BCUT2D eigenvalue weighted by atomic mass is 9.97. The highest BCUT2D eigenvalue weighted by molar-refractivity contribution is 8.00. The van der Waals surface area contributed by atoms with E-state index in [1.165, 1.54) is 31.0 Å². The molecule has 0 atom stereocenters. The zero-order chi connectivity index (χ0) is 24.6. The Morgan fingerprint density at radius 3 is 2.41 bits per heavy atom. The first-order valence-corrected chi connectivity index (χ1v) is 13.1. The number of benzene rings is 1. The molecule has 0 aromatic heterocycles. The molecule has 1 aromatic carbocycles. The second-order valence-corrected chi connectivity index (χ2v) is 9.25. The monoisotopic (exact) mass is 492 g/mol. The number of esters is 2. The fraction of sp³-hybridized carbons (Fsp3) is 0.600. The third-order valence-corrected chi connectivity index (χ3v) is 6.53. The van der Waals surface area contributed by atoms with Crippen molar-refractivity contribution in [1.29, 1.82) is 0 Å². The zero-order valence-electron chi connectivity index (χ0n) is 19.9. The number of nitrogens with one attached hydrogen (secondary N) is 2. The molecule has 9 heteroatoms. The van der Waals surface area contributed by atoms with Gasteiger partial charge in [-0.15, -0.1) is 11.8 Å². The predicted molar refractivity (Wildman–Crippen MR) is 131 cm³/mol. The van der Waals surface area contributed by atoms with Gasteiger partial charge in [0, 0.05) is 23.9 Å². The van der Waals surface area contributed by atoms with Gasteiger partial charge in [0.15, 0.2) is 6.61 Å². The predicted octanol–water partition coefficient (Wildman–Crippen LogP) is 3.62. The van der Waals surface area contributed by atoms with Gasteiger partial charge in [-0.2, -0.15) is 0 Å². The maximum absolute atomic E-state index is 12.5. The highest BCUT2D eigenvalue weighted by atomic mass is 32.2. The van der Waals surface area contributed by atoms with Crippen molar-refractivity contribution in [3.8, 4) is 0 Å². The highest BCUT2D eigenvalue weighted by Crippen LogP contribution is 2.24. The van der Waals surface area contributed by atoms with Crippen LogP contribution in [0.3, 0.4) is 0 Å². The Kier molecular flexibility index (Phi) is 13.1. The molecule has 188 valence electrons. The number of carbonyl (C=O) groups is 4. The second-order valence-electron chi connectivity index (χ2n) is 8.23. The van der Waals surface area contributed by atoms with Crippen LogP contribution < -0.4 is 10.6 Å². The van der Waals surface area contributed by atoms with Crippen molar-refractivity contribution in [1.82, 2.24) is 10.6 Å². The summed E-state index contributed by atoms with van der Waals surface area (Å²) in [5.74, 6) is -1.20. The van der Waals surface area contributed by atoms with Crippen molar-refractivity contribution in [3.63, 3.8) is 0 Å². The number of hydrogen-bond acceptors (Lipinski definition) is 7. The van der Waals surface area contributed by atoms with Crippen LogP contribution in [0.4, 0.5) is 0 Å². The van der Waals surface area contributed by atoms with Gasteiger partial charge in [-0.1, -0.05) is 44.2 Å². The highest BCUT2D eigenvalue weighted by Gasteiger charge is 2.17. The van der Waals surface area contributed by atoms with Gasteiger partial charge >= 0.3 is 11.9 Å². The van der Waals surface area contributed by atoms with Gasteiger partial charge in [-0.25, -0.2) is 4.79 Å². The van der Waals surface area contributed by atoms with Crippen LogP contribution in [0.25, 0.3) is 0 Å².